The number of phenolic OH excluding ortho intramolecular Hbond substituents is 1. The molecule has 2 nitrogen and oxygen atoms in total. The van der Waals surface area contributed by atoms with Gasteiger partial charge in [-0.25, -0.2) is 0 Å². The maximum atomic E-state index is 8.79. The number of anilines is 1. The van der Waals surface area contributed by atoms with Crippen LogP contribution in [-0.2, 0) is 0 Å². The van der Waals surface area contributed by atoms with Crippen molar-refractivity contribution in [2.75, 3.05) is 5.73 Å². The van der Waals surface area contributed by atoms with Gasteiger partial charge in [-0.1, -0.05) is 33.4 Å². The summed E-state index contributed by atoms with van der Waals surface area (Å²) in [6, 6.07) is 6.70. The summed E-state index contributed by atoms with van der Waals surface area (Å²) in [7, 11) is 0. The van der Waals surface area contributed by atoms with Gasteiger partial charge in [0.15, 0.2) is 0 Å². The van der Waals surface area contributed by atoms with Gasteiger partial charge in [-0.15, -0.1) is 0 Å². The Labute approximate surface area is 68.7 Å². The van der Waals surface area contributed by atoms with E-state index in [1.807, 2.05) is 13.8 Å². The zero-order chi connectivity index (χ0) is 7.98. The molecule has 0 radical (unpaired) electrons. The molecule has 0 aliphatic heterocycles. The van der Waals surface area contributed by atoms with Gasteiger partial charge in [0.25, 0.3) is 0 Å². The highest BCUT2D eigenvalue weighted by Gasteiger charge is 1.87. The summed E-state index contributed by atoms with van der Waals surface area (Å²) in [6.45, 7) is 4.00. The monoisotopic (exact) mass is 155 g/mol. The molecule has 0 atom stereocenters. The number of nitrogen functional groups attached to an aromatic ring is 1. The fourth-order valence-corrected chi connectivity index (χ4v) is 0.488. The number of benzene rings is 1. The van der Waals surface area contributed by atoms with Crippen LogP contribution < -0.4 is 5.73 Å². The summed E-state index contributed by atoms with van der Waals surface area (Å²) in [5.74, 6) is 0.146. The van der Waals surface area contributed by atoms with Gasteiger partial charge in [-0.2, -0.15) is 0 Å². The molecule has 0 unspecified atom stereocenters. The lowest BCUT2D eigenvalue weighted by Crippen LogP contribution is -1.82. The molecule has 0 heterocycles. The molecular formula is C9H17NO. The van der Waals surface area contributed by atoms with E-state index in [0.29, 0.717) is 5.69 Å². The van der Waals surface area contributed by atoms with Gasteiger partial charge >= 0.3 is 0 Å². The molecule has 0 spiro atoms. The van der Waals surface area contributed by atoms with Crippen LogP contribution in [0.3, 0.4) is 0 Å². The Hall–Kier alpha value is -1.18. The molecular weight excluding hydrogens is 138 g/mol. The van der Waals surface area contributed by atoms with Crippen LogP contribution in [0.1, 0.15) is 21.3 Å². The molecule has 0 aliphatic rings. The minimum Gasteiger partial charge on any atom is -0.506 e. The smallest absolute Gasteiger partial charge is 0.138 e. The van der Waals surface area contributed by atoms with E-state index in [1.165, 1.54) is 0 Å². The second-order valence-electron chi connectivity index (χ2n) is 1.56. The van der Waals surface area contributed by atoms with Gasteiger partial charge in [-0.05, 0) is 12.1 Å². The highest BCUT2D eigenvalue weighted by atomic mass is 16.3. The Morgan fingerprint density at radius 2 is 1.64 bits per heavy atom. The van der Waals surface area contributed by atoms with Crippen molar-refractivity contribution in [2.24, 2.45) is 0 Å². The SMILES string of the molecule is C.CC.Nc1ccccc1O. The van der Waals surface area contributed by atoms with E-state index >= 15 is 0 Å². The van der Waals surface area contributed by atoms with E-state index in [4.69, 9.17) is 10.8 Å². The Bertz CT molecular complexity index is 166. The molecule has 0 saturated carbocycles. The lowest BCUT2D eigenvalue weighted by molar-refractivity contribution is 0.478. The molecule has 2 heteroatoms. The summed E-state index contributed by atoms with van der Waals surface area (Å²) in [6.07, 6.45) is 0. The van der Waals surface area contributed by atoms with Gasteiger partial charge in [-0.3, -0.25) is 0 Å². The third kappa shape index (κ3) is 4.25. The van der Waals surface area contributed by atoms with Gasteiger partial charge in [0.1, 0.15) is 5.75 Å². The number of hydrogen-bond donors (Lipinski definition) is 2. The van der Waals surface area contributed by atoms with Crippen LogP contribution >= 0.6 is 0 Å². The minimum absolute atomic E-state index is 0. The quantitative estimate of drug-likeness (QED) is 0.447. The maximum absolute atomic E-state index is 8.79. The summed E-state index contributed by atoms with van der Waals surface area (Å²) >= 11 is 0. The number of para-hydroxylation sites is 2. The lowest BCUT2D eigenvalue weighted by Gasteiger charge is -1.92. The molecule has 0 aliphatic carbocycles. The van der Waals surface area contributed by atoms with Crippen molar-refractivity contribution in [2.45, 2.75) is 21.3 Å². The second kappa shape index (κ2) is 6.93. The molecule has 0 aromatic heterocycles. The number of aromatic hydroxyl groups is 1. The van der Waals surface area contributed by atoms with Crippen molar-refractivity contribution in [3.05, 3.63) is 24.3 Å². The molecule has 1 rings (SSSR count). The molecule has 11 heavy (non-hydrogen) atoms. The van der Waals surface area contributed by atoms with Crippen LogP contribution in [0.15, 0.2) is 24.3 Å². The standard InChI is InChI=1S/C6H7NO.C2H6.CH4/c7-5-3-1-2-4-6(5)8;1-2;/h1-4,8H,7H2;1-2H3;1H4. The Morgan fingerprint density at radius 1 is 1.18 bits per heavy atom. The number of phenols is 1. The normalized spacial score (nSPS) is 7.09. The Kier molecular flexibility index (Phi) is 7.87. The summed E-state index contributed by atoms with van der Waals surface area (Å²) in [5.41, 5.74) is 5.69. The first-order valence-corrected chi connectivity index (χ1v) is 3.34. The molecule has 1 aromatic carbocycles. The highest BCUT2D eigenvalue weighted by Crippen LogP contribution is 2.16. The van der Waals surface area contributed by atoms with E-state index in [1.54, 1.807) is 24.3 Å². The Morgan fingerprint density at radius 3 is 1.91 bits per heavy atom. The molecule has 0 fully saturated rings. The van der Waals surface area contributed by atoms with E-state index in [0.717, 1.165) is 0 Å². The zero-order valence-corrected chi connectivity index (χ0v) is 6.33. The molecule has 64 valence electrons. The van der Waals surface area contributed by atoms with Crippen LogP contribution in [0, 0.1) is 0 Å². The van der Waals surface area contributed by atoms with Crippen molar-refractivity contribution < 1.29 is 5.11 Å². The first-order valence-electron chi connectivity index (χ1n) is 3.34. The van der Waals surface area contributed by atoms with Gasteiger partial charge in [0.2, 0.25) is 0 Å². The molecule has 3 N–H and O–H groups in total. The van der Waals surface area contributed by atoms with Crippen LogP contribution in [0.2, 0.25) is 0 Å². The van der Waals surface area contributed by atoms with Gasteiger partial charge in [0, 0.05) is 0 Å². The van der Waals surface area contributed by atoms with E-state index < -0.39 is 0 Å². The largest absolute Gasteiger partial charge is 0.506 e. The van der Waals surface area contributed by atoms with Crippen molar-refractivity contribution in [1.29, 1.82) is 0 Å². The Balaban J connectivity index is 0. The minimum atomic E-state index is 0. The average molecular weight is 155 g/mol. The van der Waals surface area contributed by atoms with Crippen LogP contribution in [0.4, 0.5) is 5.69 Å². The number of rotatable bonds is 0. The average Bonchev–Trinajstić information content (AvgIpc) is 2.00. The zero-order valence-electron chi connectivity index (χ0n) is 6.33. The fourth-order valence-electron chi connectivity index (χ4n) is 0.488. The first kappa shape index (κ1) is 12.5. The topological polar surface area (TPSA) is 46.2 Å². The molecule has 1 aromatic rings. The van der Waals surface area contributed by atoms with Crippen molar-refractivity contribution in [3.8, 4) is 5.75 Å². The van der Waals surface area contributed by atoms with Crippen LogP contribution in [0.25, 0.3) is 0 Å². The highest BCUT2D eigenvalue weighted by molar-refractivity contribution is 5.50. The summed E-state index contributed by atoms with van der Waals surface area (Å²) in [5, 5.41) is 8.79. The molecule has 0 saturated heterocycles. The maximum Gasteiger partial charge on any atom is 0.138 e. The van der Waals surface area contributed by atoms with Gasteiger partial charge < -0.3 is 10.8 Å². The second-order valence-corrected chi connectivity index (χ2v) is 1.56. The summed E-state index contributed by atoms with van der Waals surface area (Å²) in [4.78, 5) is 0. The van der Waals surface area contributed by atoms with Crippen molar-refractivity contribution in [1.82, 2.24) is 0 Å². The lowest BCUT2D eigenvalue weighted by atomic mass is 10.3. The predicted octanol–water partition coefficient (Wildman–Crippen LogP) is 2.64. The van der Waals surface area contributed by atoms with Crippen molar-refractivity contribution in [3.63, 3.8) is 0 Å². The number of hydrogen-bond acceptors (Lipinski definition) is 2. The van der Waals surface area contributed by atoms with Crippen LogP contribution in [-0.4, -0.2) is 5.11 Å². The van der Waals surface area contributed by atoms with E-state index in [2.05, 4.69) is 0 Å². The van der Waals surface area contributed by atoms with E-state index in [-0.39, 0.29) is 13.2 Å². The predicted molar refractivity (Wildman–Crippen MR) is 50.6 cm³/mol. The number of nitrogens with two attached hydrogens (primary N) is 1. The van der Waals surface area contributed by atoms with Gasteiger partial charge in [0.05, 0.1) is 5.69 Å². The fraction of sp³-hybridized carbons (Fsp3) is 0.333. The molecule has 0 amide bonds. The third-order valence-corrected chi connectivity index (χ3v) is 0.937. The summed E-state index contributed by atoms with van der Waals surface area (Å²) < 4.78 is 0. The van der Waals surface area contributed by atoms with Crippen molar-refractivity contribution >= 4 is 5.69 Å². The molecule has 0 bridgehead atoms. The first-order chi connectivity index (χ1) is 4.80. The third-order valence-electron chi connectivity index (χ3n) is 0.937. The van der Waals surface area contributed by atoms with Crippen LogP contribution in [0.5, 0.6) is 5.75 Å². The van der Waals surface area contributed by atoms with E-state index in [9.17, 15) is 0 Å².